The zero-order valence-electron chi connectivity index (χ0n) is 16.9. The zero-order chi connectivity index (χ0) is 22.9. The highest BCUT2D eigenvalue weighted by atomic mass is 35.5. The first-order chi connectivity index (χ1) is 16.0. The number of amides is 2. The molecule has 0 fully saturated rings. The molecular weight excluding hydrogens is 446 g/mol. The van der Waals surface area contributed by atoms with Gasteiger partial charge in [-0.2, -0.15) is 4.98 Å². The molecule has 0 spiro atoms. The molecule has 0 aliphatic carbocycles. The number of halogens is 1. The van der Waals surface area contributed by atoms with Gasteiger partial charge in [0.05, 0.1) is 22.4 Å². The molecule has 0 atom stereocenters. The van der Waals surface area contributed by atoms with Crippen LogP contribution in [0.25, 0.3) is 11.4 Å². The quantitative estimate of drug-likeness (QED) is 0.318. The topological polar surface area (TPSA) is 103 Å². The van der Waals surface area contributed by atoms with Crippen molar-refractivity contribution >= 4 is 35.1 Å². The lowest BCUT2D eigenvalue weighted by Gasteiger charge is -2.13. The third kappa shape index (κ3) is 3.88. The minimum Gasteiger partial charge on any atom is -0.452 e. The van der Waals surface area contributed by atoms with Crippen molar-refractivity contribution in [1.82, 2.24) is 10.1 Å². The number of fused-ring (bicyclic) bond motifs is 1. The van der Waals surface area contributed by atoms with Crippen molar-refractivity contribution in [2.75, 3.05) is 4.90 Å². The van der Waals surface area contributed by atoms with E-state index in [2.05, 4.69) is 10.1 Å². The monoisotopic (exact) mass is 459 g/mol. The van der Waals surface area contributed by atoms with Gasteiger partial charge < -0.3 is 9.26 Å². The van der Waals surface area contributed by atoms with Crippen LogP contribution in [0.2, 0.25) is 5.02 Å². The number of ether oxygens (including phenoxy) is 1. The van der Waals surface area contributed by atoms with Gasteiger partial charge in [-0.3, -0.25) is 9.59 Å². The van der Waals surface area contributed by atoms with E-state index in [0.29, 0.717) is 16.5 Å². The van der Waals surface area contributed by atoms with Crippen LogP contribution in [0.15, 0.2) is 77.3 Å². The molecule has 1 aromatic heterocycles. The van der Waals surface area contributed by atoms with Crippen LogP contribution >= 0.6 is 11.6 Å². The van der Waals surface area contributed by atoms with Gasteiger partial charge in [0, 0.05) is 10.6 Å². The molecule has 0 bridgehead atoms. The number of nitrogens with zero attached hydrogens (tertiary/aromatic N) is 3. The molecule has 3 aromatic carbocycles. The molecule has 2 heterocycles. The molecule has 9 heteroatoms. The lowest BCUT2D eigenvalue weighted by Crippen LogP contribution is -2.29. The van der Waals surface area contributed by atoms with Crippen LogP contribution in [-0.4, -0.2) is 27.9 Å². The molecule has 1 aliphatic heterocycles. The first kappa shape index (κ1) is 20.6. The first-order valence-corrected chi connectivity index (χ1v) is 10.2. The Hall–Kier alpha value is -4.30. The van der Waals surface area contributed by atoms with Crippen molar-refractivity contribution in [2.24, 2.45) is 0 Å². The molecule has 1 aliphatic rings. The number of esters is 1. The van der Waals surface area contributed by atoms with Crippen molar-refractivity contribution < 1.29 is 23.6 Å². The summed E-state index contributed by atoms with van der Waals surface area (Å²) in [6.07, 6.45) is 0. The van der Waals surface area contributed by atoms with Crippen LogP contribution in [0.1, 0.15) is 37.0 Å². The number of anilines is 1. The summed E-state index contributed by atoms with van der Waals surface area (Å²) in [4.78, 5) is 43.4. The number of carbonyl (C=O) groups excluding carboxylic acids is 3. The number of benzene rings is 3. The average Bonchev–Trinajstić information content (AvgIpc) is 3.42. The maximum atomic E-state index is 12.9. The van der Waals surface area contributed by atoms with Crippen molar-refractivity contribution in [1.29, 1.82) is 0 Å². The Kier molecular flexibility index (Phi) is 5.20. The van der Waals surface area contributed by atoms with Crippen molar-refractivity contribution in [2.45, 2.75) is 6.61 Å². The normalized spacial score (nSPS) is 12.7. The van der Waals surface area contributed by atoms with E-state index in [1.807, 2.05) is 30.3 Å². The minimum atomic E-state index is -0.692. The highest BCUT2D eigenvalue weighted by Crippen LogP contribution is 2.30. The molecule has 2 amide bonds. The van der Waals surface area contributed by atoms with E-state index in [1.54, 1.807) is 24.3 Å². The predicted molar refractivity (Wildman–Crippen MR) is 118 cm³/mol. The fraction of sp³-hybridized carbons (Fsp3) is 0.0417. The van der Waals surface area contributed by atoms with Crippen molar-refractivity contribution in [3.63, 3.8) is 0 Å². The molecule has 8 nitrogen and oxygen atoms in total. The van der Waals surface area contributed by atoms with Gasteiger partial charge in [-0.25, -0.2) is 9.69 Å². The van der Waals surface area contributed by atoms with E-state index in [0.717, 1.165) is 10.5 Å². The summed E-state index contributed by atoms with van der Waals surface area (Å²) >= 11 is 5.89. The van der Waals surface area contributed by atoms with Gasteiger partial charge in [0.2, 0.25) is 5.82 Å². The number of carbonyl (C=O) groups is 3. The van der Waals surface area contributed by atoms with Crippen LogP contribution in [0.3, 0.4) is 0 Å². The van der Waals surface area contributed by atoms with Crippen LogP contribution in [0, 0.1) is 0 Å². The summed E-state index contributed by atoms with van der Waals surface area (Å²) in [5.74, 6) is -1.19. The molecule has 0 saturated carbocycles. The van der Waals surface area contributed by atoms with Crippen LogP contribution in [-0.2, 0) is 11.3 Å². The van der Waals surface area contributed by atoms with Gasteiger partial charge in [0.15, 0.2) is 6.61 Å². The standard InChI is InChI=1S/C24H14ClN3O5/c25-16-7-9-17(10-8-16)28-22(29)18-11-6-15(12-19(18)23(28)30)24(31)32-13-20-26-21(27-33-20)14-4-2-1-3-5-14/h1-12H,13H2. The molecule has 0 saturated heterocycles. The Labute approximate surface area is 192 Å². The summed E-state index contributed by atoms with van der Waals surface area (Å²) in [5.41, 5.74) is 1.60. The first-order valence-electron chi connectivity index (χ1n) is 9.85. The van der Waals surface area contributed by atoms with Gasteiger partial charge in [-0.05, 0) is 42.5 Å². The Balaban J connectivity index is 1.31. The lowest BCUT2D eigenvalue weighted by molar-refractivity contribution is 0.0429. The Morgan fingerprint density at radius 2 is 1.67 bits per heavy atom. The highest BCUT2D eigenvalue weighted by molar-refractivity contribution is 6.35. The van der Waals surface area contributed by atoms with Crippen LogP contribution in [0.4, 0.5) is 5.69 Å². The fourth-order valence-electron chi connectivity index (χ4n) is 3.42. The van der Waals surface area contributed by atoms with E-state index in [9.17, 15) is 14.4 Å². The number of rotatable bonds is 5. The lowest BCUT2D eigenvalue weighted by atomic mass is 10.1. The fourth-order valence-corrected chi connectivity index (χ4v) is 3.55. The predicted octanol–water partition coefficient (Wildman–Crippen LogP) is 4.55. The second kappa shape index (κ2) is 8.33. The molecule has 33 heavy (non-hydrogen) atoms. The van der Waals surface area contributed by atoms with Crippen molar-refractivity contribution in [3.05, 3.63) is 100 Å². The molecule has 5 rings (SSSR count). The third-order valence-corrected chi connectivity index (χ3v) is 5.29. The van der Waals surface area contributed by atoms with Crippen molar-refractivity contribution in [3.8, 4) is 11.4 Å². The van der Waals surface area contributed by atoms with E-state index in [1.165, 1.54) is 18.2 Å². The maximum Gasteiger partial charge on any atom is 0.338 e. The molecular formula is C24H14ClN3O5. The van der Waals surface area contributed by atoms with E-state index >= 15 is 0 Å². The second-order valence-electron chi connectivity index (χ2n) is 7.14. The zero-order valence-corrected chi connectivity index (χ0v) is 17.7. The summed E-state index contributed by atoms with van der Waals surface area (Å²) in [5, 5.41) is 4.36. The Morgan fingerprint density at radius 1 is 0.939 bits per heavy atom. The van der Waals surface area contributed by atoms with Gasteiger partial charge >= 0.3 is 5.97 Å². The van der Waals surface area contributed by atoms with Gasteiger partial charge in [-0.1, -0.05) is 47.1 Å². The van der Waals surface area contributed by atoms with Crippen LogP contribution < -0.4 is 4.90 Å². The summed E-state index contributed by atoms with van der Waals surface area (Å²) in [6, 6.07) is 19.8. The SMILES string of the molecule is O=C(OCc1nc(-c2ccccc2)no1)c1ccc2c(c1)C(=O)N(c1ccc(Cl)cc1)C2=O. The molecule has 0 radical (unpaired) electrons. The van der Waals surface area contributed by atoms with E-state index < -0.39 is 17.8 Å². The molecule has 162 valence electrons. The average molecular weight is 460 g/mol. The highest BCUT2D eigenvalue weighted by Gasteiger charge is 2.37. The second-order valence-corrected chi connectivity index (χ2v) is 7.57. The third-order valence-electron chi connectivity index (χ3n) is 5.03. The van der Waals surface area contributed by atoms with E-state index in [4.69, 9.17) is 20.9 Å². The Morgan fingerprint density at radius 3 is 2.42 bits per heavy atom. The Bertz CT molecular complexity index is 1380. The summed E-state index contributed by atoms with van der Waals surface area (Å²) < 4.78 is 10.4. The maximum absolute atomic E-state index is 12.9. The largest absolute Gasteiger partial charge is 0.452 e. The molecule has 0 unspecified atom stereocenters. The summed E-state index contributed by atoms with van der Waals surface area (Å²) in [6.45, 7) is -0.237. The van der Waals surface area contributed by atoms with Crippen LogP contribution in [0.5, 0.6) is 0 Å². The minimum absolute atomic E-state index is 0.119. The molecule has 4 aromatic rings. The number of imide groups is 1. The number of hydrogen-bond donors (Lipinski definition) is 0. The van der Waals surface area contributed by atoms with Gasteiger partial charge in [0.25, 0.3) is 17.7 Å². The van der Waals surface area contributed by atoms with E-state index in [-0.39, 0.29) is 29.2 Å². The number of hydrogen-bond acceptors (Lipinski definition) is 7. The van der Waals surface area contributed by atoms with Gasteiger partial charge in [-0.15, -0.1) is 0 Å². The smallest absolute Gasteiger partial charge is 0.338 e. The van der Waals surface area contributed by atoms with Gasteiger partial charge in [0.1, 0.15) is 0 Å². The summed E-state index contributed by atoms with van der Waals surface area (Å²) in [7, 11) is 0. The number of aromatic nitrogens is 2. The molecule has 0 N–H and O–H groups in total.